The summed E-state index contributed by atoms with van der Waals surface area (Å²) in [6.07, 6.45) is 2.33. The summed E-state index contributed by atoms with van der Waals surface area (Å²) in [5.41, 5.74) is 1.35. The van der Waals surface area contributed by atoms with Crippen LogP contribution in [0, 0.1) is 0 Å². The largest absolute Gasteiger partial charge is 0.494 e. The van der Waals surface area contributed by atoms with Crippen molar-refractivity contribution in [3.8, 4) is 11.5 Å². The molecule has 0 aliphatic carbocycles. The zero-order valence-corrected chi connectivity index (χ0v) is 16.4. The number of hydrogen-bond acceptors (Lipinski definition) is 5. The number of benzene rings is 2. The monoisotopic (exact) mass is 402 g/mol. The normalized spacial score (nSPS) is 15.1. The molecule has 0 fully saturated rings. The first kappa shape index (κ1) is 19.9. The summed E-state index contributed by atoms with van der Waals surface area (Å²) in [4.78, 5) is 11.4. The molecular formula is C21H22O6S. The lowest BCUT2D eigenvalue weighted by molar-refractivity contribution is -0.132. The number of sulfone groups is 1. The number of carbonyl (C=O) groups is 1. The first-order chi connectivity index (χ1) is 13.4. The number of rotatable bonds is 7. The van der Waals surface area contributed by atoms with Gasteiger partial charge in [-0.2, -0.15) is 0 Å². The zero-order valence-electron chi connectivity index (χ0n) is 15.6. The van der Waals surface area contributed by atoms with Gasteiger partial charge in [0.05, 0.1) is 17.3 Å². The predicted octanol–water partition coefficient (Wildman–Crippen LogP) is 3.70. The van der Waals surface area contributed by atoms with Crippen LogP contribution in [-0.4, -0.2) is 31.9 Å². The van der Waals surface area contributed by atoms with Crippen LogP contribution in [0.5, 0.6) is 11.5 Å². The van der Waals surface area contributed by atoms with E-state index in [1.54, 1.807) is 12.1 Å². The molecule has 6 nitrogen and oxygen atoms in total. The minimum atomic E-state index is -3.53. The molecule has 2 aromatic carbocycles. The molecule has 148 valence electrons. The second kappa shape index (κ2) is 8.48. The van der Waals surface area contributed by atoms with E-state index in [0.29, 0.717) is 24.5 Å². The summed E-state index contributed by atoms with van der Waals surface area (Å²) >= 11 is 0. The van der Waals surface area contributed by atoms with Gasteiger partial charge in [0, 0.05) is 5.57 Å². The number of carboxylic acids is 1. The van der Waals surface area contributed by atoms with Crippen LogP contribution in [0.2, 0.25) is 0 Å². The van der Waals surface area contributed by atoms with Crippen molar-refractivity contribution in [3.63, 3.8) is 0 Å². The molecule has 0 atom stereocenters. The Bertz CT molecular complexity index is 990. The highest BCUT2D eigenvalue weighted by Gasteiger charge is 2.24. The van der Waals surface area contributed by atoms with E-state index in [1.807, 2.05) is 31.2 Å². The maximum Gasteiger partial charge on any atom is 0.331 e. The number of aliphatic carboxylic acids is 1. The molecule has 1 N–H and O–H groups in total. The van der Waals surface area contributed by atoms with Gasteiger partial charge in [0.2, 0.25) is 0 Å². The molecule has 7 heteroatoms. The summed E-state index contributed by atoms with van der Waals surface area (Å²) in [5, 5.41) is 9.25. The molecular weight excluding hydrogens is 380 g/mol. The van der Waals surface area contributed by atoms with Crippen LogP contribution in [0.25, 0.3) is 6.08 Å². The topological polar surface area (TPSA) is 89.9 Å². The molecule has 0 radical (unpaired) electrons. The molecule has 0 amide bonds. The van der Waals surface area contributed by atoms with E-state index >= 15 is 0 Å². The number of fused-ring (bicyclic) bond motifs is 1. The fourth-order valence-electron chi connectivity index (χ4n) is 2.86. The van der Waals surface area contributed by atoms with Crippen LogP contribution in [0.15, 0.2) is 52.9 Å². The summed E-state index contributed by atoms with van der Waals surface area (Å²) in [7, 11) is -3.53. The van der Waals surface area contributed by atoms with E-state index in [1.165, 1.54) is 12.1 Å². The first-order valence-electron chi connectivity index (χ1n) is 9.04. The van der Waals surface area contributed by atoms with Crippen LogP contribution in [0.4, 0.5) is 0 Å². The molecule has 0 saturated heterocycles. The van der Waals surface area contributed by atoms with E-state index in [4.69, 9.17) is 9.47 Å². The van der Waals surface area contributed by atoms with E-state index in [2.05, 4.69) is 0 Å². The number of hydrogen-bond donors (Lipinski definition) is 1. The second-order valence-corrected chi connectivity index (χ2v) is 8.60. The lowest BCUT2D eigenvalue weighted by atomic mass is 10.1. The Hall–Kier alpha value is -2.80. The van der Waals surface area contributed by atoms with Gasteiger partial charge < -0.3 is 14.6 Å². The van der Waals surface area contributed by atoms with Crippen molar-refractivity contribution < 1.29 is 27.8 Å². The van der Waals surface area contributed by atoms with E-state index in [-0.39, 0.29) is 22.6 Å². The Morgan fingerprint density at radius 2 is 1.79 bits per heavy atom. The highest BCUT2D eigenvalue weighted by molar-refractivity contribution is 7.91. The van der Waals surface area contributed by atoms with Crippen molar-refractivity contribution in [2.24, 2.45) is 0 Å². The fourth-order valence-corrected chi connectivity index (χ4v) is 4.32. The van der Waals surface area contributed by atoms with Crippen molar-refractivity contribution in [1.82, 2.24) is 0 Å². The van der Waals surface area contributed by atoms with Gasteiger partial charge in [-0.3, -0.25) is 0 Å². The van der Waals surface area contributed by atoms with Crippen LogP contribution in [0.3, 0.4) is 0 Å². The quantitative estimate of drug-likeness (QED) is 0.759. The van der Waals surface area contributed by atoms with Crippen LogP contribution in [0.1, 0.15) is 30.9 Å². The molecule has 0 saturated carbocycles. The van der Waals surface area contributed by atoms with Crippen LogP contribution >= 0.6 is 0 Å². The van der Waals surface area contributed by atoms with E-state index < -0.39 is 15.8 Å². The van der Waals surface area contributed by atoms with Gasteiger partial charge in [-0.25, -0.2) is 13.2 Å². The van der Waals surface area contributed by atoms with Gasteiger partial charge in [0.1, 0.15) is 18.1 Å². The molecule has 1 aliphatic heterocycles. The predicted molar refractivity (Wildman–Crippen MR) is 105 cm³/mol. The van der Waals surface area contributed by atoms with Crippen molar-refractivity contribution in [2.45, 2.75) is 31.3 Å². The molecule has 1 heterocycles. The number of carboxylic acid groups (broad SMARTS) is 1. The fraction of sp³-hybridized carbons (Fsp3) is 0.286. The van der Waals surface area contributed by atoms with Gasteiger partial charge in [-0.1, -0.05) is 19.1 Å². The Morgan fingerprint density at radius 3 is 2.46 bits per heavy atom. The number of ether oxygens (including phenoxy) is 2. The van der Waals surface area contributed by atoms with Gasteiger partial charge in [-0.05, 0) is 60.4 Å². The standard InChI is InChI=1S/C21H22O6S/c1-2-10-26-18-5-3-15(4-6-18)14-27-19-7-8-20-17(13-19)12-16(21(22)23)9-11-28(20,24)25/h3-8,12-13H,2,9-11,14H2,1H3,(H,22,23). The molecule has 2 aromatic rings. The Morgan fingerprint density at radius 1 is 1.07 bits per heavy atom. The molecule has 0 unspecified atom stereocenters. The van der Waals surface area contributed by atoms with Crippen molar-refractivity contribution >= 4 is 21.9 Å². The summed E-state index contributed by atoms with van der Waals surface area (Å²) < 4.78 is 36.1. The first-order valence-corrected chi connectivity index (χ1v) is 10.7. The third-order valence-corrected chi connectivity index (χ3v) is 6.15. The van der Waals surface area contributed by atoms with Crippen LogP contribution in [-0.2, 0) is 21.2 Å². The van der Waals surface area contributed by atoms with Crippen molar-refractivity contribution in [3.05, 3.63) is 59.2 Å². The molecule has 1 aliphatic rings. The average molecular weight is 402 g/mol. The smallest absolute Gasteiger partial charge is 0.331 e. The lowest BCUT2D eigenvalue weighted by Gasteiger charge is -2.10. The molecule has 28 heavy (non-hydrogen) atoms. The zero-order chi connectivity index (χ0) is 20.1. The lowest BCUT2D eigenvalue weighted by Crippen LogP contribution is -2.08. The highest BCUT2D eigenvalue weighted by Crippen LogP contribution is 2.30. The van der Waals surface area contributed by atoms with Gasteiger partial charge >= 0.3 is 5.97 Å². The Balaban J connectivity index is 1.77. The summed E-state index contributed by atoms with van der Waals surface area (Å²) in [6, 6.07) is 12.2. The van der Waals surface area contributed by atoms with E-state index in [9.17, 15) is 18.3 Å². The second-order valence-electron chi connectivity index (χ2n) is 6.52. The summed E-state index contributed by atoms with van der Waals surface area (Å²) in [6.45, 7) is 3.01. The maximum atomic E-state index is 12.4. The Labute approximate surface area is 164 Å². The van der Waals surface area contributed by atoms with Gasteiger partial charge in [0.15, 0.2) is 9.84 Å². The highest BCUT2D eigenvalue weighted by atomic mass is 32.2. The van der Waals surface area contributed by atoms with Gasteiger partial charge in [-0.15, -0.1) is 0 Å². The van der Waals surface area contributed by atoms with E-state index in [0.717, 1.165) is 17.7 Å². The van der Waals surface area contributed by atoms with Crippen molar-refractivity contribution in [1.29, 1.82) is 0 Å². The molecule has 3 rings (SSSR count). The van der Waals surface area contributed by atoms with Gasteiger partial charge in [0.25, 0.3) is 0 Å². The van der Waals surface area contributed by atoms with Crippen LogP contribution < -0.4 is 9.47 Å². The minimum absolute atomic E-state index is 0.0189. The SMILES string of the molecule is CCCOc1ccc(COc2ccc3c(c2)C=C(C(=O)O)CCS3(=O)=O)cc1. The third kappa shape index (κ3) is 4.72. The summed E-state index contributed by atoms with van der Waals surface area (Å²) in [5.74, 6) is -0.0554. The maximum absolute atomic E-state index is 12.4. The molecule has 0 aromatic heterocycles. The molecule has 0 bridgehead atoms. The average Bonchev–Trinajstić information content (AvgIpc) is 2.81. The van der Waals surface area contributed by atoms with Crippen molar-refractivity contribution in [2.75, 3.05) is 12.4 Å². The Kier molecular flexibility index (Phi) is 6.04. The minimum Gasteiger partial charge on any atom is -0.494 e. The third-order valence-electron chi connectivity index (χ3n) is 4.36. The molecule has 0 spiro atoms.